The van der Waals surface area contributed by atoms with Crippen molar-refractivity contribution in [1.82, 2.24) is 5.32 Å². The topological polar surface area (TPSA) is 94.1 Å². The van der Waals surface area contributed by atoms with Crippen molar-refractivity contribution >= 4 is 23.4 Å². The number of hydrogen-bond acceptors (Lipinski definition) is 7. The fourth-order valence-electron chi connectivity index (χ4n) is 5.76. The number of ether oxygens (including phenoxy) is 3. The Kier molecular flexibility index (Phi) is 8.88. The number of methoxy groups -OCH3 is 1. The van der Waals surface area contributed by atoms with E-state index < -0.39 is 11.9 Å². The lowest BCUT2D eigenvalue weighted by molar-refractivity contribution is -0.139. The minimum atomic E-state index is -0.743. The monoisotopic (exact) mass is 587 g/mol. The highest BCUT2D eigenvalue weighted by Gasteiger charge is 2.42. The van der Waals surface area contributed by atoms with Gasteiger partial charge in [-0.2, -0.15) is 0 Å². The van der Waals surface area contributed by atoms with Crippen molar-refractivity contribution in [3.8, 4) is 17.2 Å². The number of phenolic OH excluding ortho intramolecular Hbond substituents is 1. The Morgan fingerprint density at radius 2 is 1.79 bits per heavy atom. The molecule has 218 valence electrons. The predicted octanol–water partition coefficient (Wildman–Crippen LogP) is 6.60. The average molecular weight is 588 g/mol. The van der Waals surface area contributed by atoms with Gasteiger partial charge in [-0.3, -0.25) is 4.79 Å². The molecule has 0 aromatic heterocycles. The summed E-state index contributed by atoms with van der Waals surface area (Å²) in [5.41, 5.74) is 4.87. The number of carbonyl (C=O) groups excluding carboxylic acids is 2. The summed E-state index contributed by atoms with van der Waals surface area (Å²) >= 11 is 6.44. The SMILES string of the molecule is CCOc1cc([C@@H]2C(C(=O)OCCc3ccccc3)=C(C)NC3=C2C(=O)C[C@H](c2ccc(OC)cc2)C3)cc(Cl)c1O. The maximum atomic E-state index is 13.9. The summed E-state index contributed by atoms with van der Waals surface area (Å²) in [4.78, 5) is 27.6. The Bertz CT molecular complexity index is 1540. The molecule has 0 radical (unpaired) electrons. The zero-order chi connectivity index (χ0) is 29.8. The van der Waals surface area contributed by atoms with E-state index in [9.17, 15) is 14.7 Å². The van der Waals surface area contributed by atoms with E-state index in [2.05, 4.69) is 5.32 Å². The second-order valence-corrected chi connectivity index (χ2v) is 10.9. The number of benzene rings is 3. The second-order valence-electron chi connectivity index (χ2n) is 10.4. The summed E-state index contributed by atoms with van der Waals surface area (Å²) in [6, 6.07) is 20.8. The van der Waals surface area contributed by atoms with Crippen LogP contribution in [0.2, 0.25) is 5.02 Å². The van der Waals surface area contributed by atoms with Gasteiger partial charge in [0.15, 0.2) is 17.3 Å². The third-order valence-electron chi connectivity index (χ3n) is 7.79. The van der Waals surface area contributed by atoms with Crippen LogP contribution in [0.15, 0.2) is 89.3 Å². The number of allylic oxidation sites excluding steroid dienone is 3. The van der Waals surface area contributed by atoms with Gasteiger partial charge >= 0.3 is 5.97 Å². The molecule has 3 aromatic carbocycles. The lowest BCUT2D eigenvalue weighted by Gasteiger charge is -2.37. The number of halogens is 1. The van der Waals surface area contributed by atoms with Crippen molar-refractivity contribution in [2.75, 3.05) is 20.3 Å². The Hall–Kier alpha value is -4.23. The number of hydrogen-bond donors (Lipinski definition) is 2. The molecular weight excluding hydrogens is 554 g/mol. The maximum absolute atomic E-state index is 13.9. The normalized spacial score (nSPS) is 18.3. The van der Waals surface area contributed by atoms with Crippen molar-refractivity contribution < 1.29 is 28.9 Å². The number of aromatic hydroxyl groups is 1. The lowest BCUT2D eigenvalue weighted by Crippen LogP contribution is -2.36. The van der Waals surface area contributed by atoms with Gasteiger partial charge in [-0.25, -0.2) is 4.79 Å². The van der Waals surface area contributed by atoms with Crippen LogP contribution in [0.4, 0.5) is 0 Å². The number of esters is 1. The van der Waals surface area contributed by atoms with Gasteiger partial charge in [0.2, 0.25) is 0 Å². The molecule has 5 rings (SSSR count). The van der Waals surface area contributed by atoms with E-state index in [1.54, 1.807) is 26.2 Å². The van der Waals surface area contributed by atoms with Crippen LogP contribution in [-0.2, 0) is 20.7 Å². The average Bonchev–Trinajstić information content (AvgIpc) is 2.99. The first-order valence-electron chi connectivity index (χ1n) is 14.0. The van der Waals surface area contributed by atoms with Crippen molar-refractivity contribution in [2.24, 2.45) is 0 Å². The predicted molar refractivity (Wildman–Crippen MR) is 161 cm³/mol. The van der Waals surface area contributed by atoms with Gasteiger partial charge in [0, 0.05) is 35.7 Å². The van der Waals surface area contributed by atoms with Crippen LogP contribution in [0.1, 0.15) is 55.2 Å². The molecule has 1 aliphatic heterocycles. The van der Waals surface area contributed by atoms with Gasteiger partial charge < -0.3 is 24.6 Å². The Morgan fingerprint density at radius 1 is 1.05 bits per heavy atom. The summed E-state index contributed by atoms with van der Waals surface area (Å²) in [7, 11) is 1.62. The van der Waals surface area contributed by atoms with Gasteiger partial charge in [0.1, 0.15) is 5.75 Å². The van der Waals surface area contributed by atoms with Crippen molar-refractivity contribution in [1.29, 1.82) is 0 Å². The Balaban J connectivity index is 1.52. The van der Waals surface area contributed by atoms with Crippen LogP contribution in [-0.4, -0.2) is 37.2 Å². The minimum Gasteiger partial charge on any atom is -0.503 e. The smallest absolute Gasteiger partial charge is 0.336 e. The molecule has 0 unspecified atom stereocenters. The summed E-state index contributed by atoms with van der Waals surface area (Å²) in [5, 5.41) is 14.0. The lowest BCUT2D eigenvalue weighted by atomic mass is 9.71. The highest BCUT2D eigenvalue weighted by molar-refractivity contribution is 6.32. The fraction of sp³-hybridized carbons (Fsp3) is 0.294. The van der Waals surface area contributed by atoms with Crippen LogP contribution < -0.4 is 14.8 Å². The van der Waals surface area contributed by atoms with E-state index in [4.69, 9.17) is 25.8 Å². The largest absolute Gasteiger partial charge is 0.503 e. The van der Waals surface area contributed by atoms with E-state index in [1.165, 1.54) is 0 Å². The summed E-state index contributed by atoms with van der Waals surface area (Å²) in [5.74, 6) is -0.613. The second kappa shape index (κ2) is 12.7. The highest BCUT2D eigenvalue weighted by Crippen LogP contribution is 2.48. The van der Waals surface area contributed by atoms with Crippen LogP contribution in [0.5, 0.6) is 17.2 Å². The summed E-state index contributed by atoms with van der Waals surface area (Å²) in [6.45, 7) is 4.11. The standard InChI is InChI=1S/C34H34ClNO6/c1-4-41-29-19-24(16-26(35)33(29)38)31-30(34(39)42-15-14-21-8-6-5-7-9-21)20(2)36-27-17-23(18-28(37)32(27)31)22-10-12-25(40-3)13-11-22/h5-13,16,19,23,31,36,38H,4,14-15,17-18H2,1-3H3/t23-,31-/m1/s1. The number of dihydropyridines is 1. The number of rotatable bonds is 9. The van der Waals surface area contributed by atoms with E-state index in [-0.39, 0.29) is 41.3 Å². The Labute approximate surface area is 250 Å². The molecule has 3 aromatic rings. The molecular formula is C34H34ClNO6. The van der Waals surface area contributed by atoms with Crippen molar-refractivity contribution in [3.05, 3.63) is 111 Å². The van der Waals surface area contributed by atoms with Crippen LogP contribution in [0.25, 0.3) is 0 Å². The number of Topliss-reactive ketones (excluding diaryl/α,β-unsaturated/α-hetero) is 1. The number of nitrogens with one attached hydrogen (secondary N) is 1. The molecule has 0 saturated carbocycles. The van der Waals surface area contributed by atoms with Crippen molar-refractivity contribution in [2.45, 2.75) is 44.9 Å². The first-order valence-corrected chi connectivity index (χ1v) is 14.4. The van der Waals surface area contributed by atoms with E-state index >= 15 is 0 Å². The number of carbonyl (C=O) groups is 2. The first-order chi connectivity index (χ1) is 20.3. The van der Waals surface area contributed by atoms with Crippen LogP contribution >= 0.6 is 11.6 Å². The van der Waals surface area contributed by atoms with E-state index in [0.29, 0.717) is 41.9 Å². The fourth-order valence-corrected chi connectivity index (χ4v) is 5.98. The quantitative estimate of drug-likeness (QED) is 0.272. The van der Waals surface area contributed by atoms with Gasteiger partial charge in [-0.15, -0.1) is 0 Å². The molecule has 7 nitrogen and oxygen atoms in total. The molecule has 1 heterocycles. The molecule has 0 fully saturated rings. The van der Waals surface area contributed by atoms with Crippen molar-refractivity contribution in [3.63, 3.8) is 0 Å². The molecule has 42 heavy (non-hydrogen) atoms. The summed E-state index contributed by atoms with van der Waals surface area (Å²) < 4.78 is 16.7. The molecule has 8 heteroatoms. The van der Waals surface area contributed by atoms with Gasteiger partial charge in [-0.1, -0.05) is 54.1 Å². The van der Waals surface area contributed by atoms with E-state index in [0.717, 1.165) is 22.6 Å². The van der Waals surface area contributed by atoms with Gasteiger partial charge in [0.25, 0.3) is 0 Å². The minimum absolute atomic E-state index is 0.0372. The molecule has 0 spiro atoms. The number of ketones is 1. The molecule has 0 saturated heterocycles. The van der Waals surface area contributed by atoms with Crippen LogP contribution in [0, 0.1) is 0 Å². The molecule has 2 N–H and O–H groups in total. The zero-order valence-corrected chi connectivity index (χ0v) is 24.7. The molecule has 2 aliphatic rings. The van der Waals surface area contributed by atoms with Crippen LogP contribution in [0.3, 0.4) is 0 Å². The first kappa shape index (κ1) is 29.3. The Morgan fingerprint density at radius 3 is 2.48 bits per heavy atom. The highest BCUT2D eigenvalue weighted by atomic mass is 35.5. The maximum Gasteiger partial charge on any atom is 0.336 e. The molecule has 1 aliphatic carbocycles. The molecule has 2 atom stereocenters. The molecule has 0 bridgehead atoms. The van der Waals surface area contributed by atoms with Gasteiger partial charge in [-0.05, 0) is 67.1 Å². The van der Waals surface area contributed by atoms with E-state index in [1.807, 2.05) is 61.5 Å². The summed E-state index contributed by atoms with van der Waals surface area (Å²) in [6.07, 6.45) is 1.43. The van der Waals surface area contributed by atoms with Gasteiger partial charge in [0.05, 0.1) is 30.9 Å². The molecule has 0 amide bonds. The third-order valence-corrected chi connectivity index (χ3v) is 8.07. The number of phenols is 1. The zero-order valence-electron chi connectivity index (χ0n) is 23.9. The third kappa shape index (κ3) is 6.02.